The van der Waals surface area contributed by atoms with Gasteiger partial charge in [-0.1, -0.05) is 90.1 Å². The molecule has 0 fully saturated rings. The van der Waals surface area contributed by atoms with Gasteiger partial charge < -0.3 is 28.5 Å². The van der Waals surface area contributed by atoms with E-state index >= 15 is 0 Å². The van der Waals surface area contributed by atoms with Crippen LogP contribution in [0, 0.1) is 13.1 Å². The first-order chi connectivity index (χ1) is 37.9. The number of aromatic nitrogens is 4. The molecule has 0 saturated carbocycles. The Balaban J connectivity index is 0.000000245. The normalized spacial score (nSPS) is 15.5. The maximum Gasteiger partial charge on any atom is 0.228 e. The Hall–Kier alpha value is -5.23. The number of fused-ring (bicyclic) bond motifs is 2. The predicted molar refractivity (Wildman–Crippen MR) is 331 cm³/mol. The molecule has 2 heterocycles. The molecule has 18 heteroatoms. The second kappa shape index (κ2) is 26.8. The number of aliphatic hydroxyl groups is 2. The van der Waals surface area contributed by atoms with Gasteiger partial charge in [-0.25, -0.2) is 19.7 Å². The molecular weight excluding hydrogens is 1070 g/mol. The van der Waals surface area contributed by atoms with E-state index in [-0.39, 0.29) is 41.5 Å². The number of ether oxygens (including phenoxy) is 2. The van der Waals surface area contributed by atoms with Gasteiger partial charge in [0.05, 0.1) is 38.6 Å². The van der Waals surface area contributed by atoms with E-state index < -0.39 is 16.6 Å². The highest BCUT2D eigenvalue weighted by molar-refractivity contribution is 7.09. The highest BCUT2D eigenvalue weighted by atomic mass is 32.1. The zero-order valence-electron chi connectivity index (χ0n) is 49.6. The van der Waals surface area contributed by atoms with E-state index in [0.29, 0.717) is 47.8 Å². The van der Waals surface area contributed by atoms with Gasteiger partial charge in [0.15, 0.2) is 28.3 Å². The van der Waals surface area contributed by atoms with Crippen molar-refractivity contribution in [1.29, 1.82) is 0 Å². The number of hydrogen-bond donors (Lipinski definition) is 2. The van der Waals surface area contributed by atoms with Gasteiger partial charge >= 0.3 is 0 Å². The van der Waals surface area contributed by atoms with Crippen molar-refractivity contribution in [2.24, 2.45) is 0 Å². The first kappa shape index (κ1) is 62.4. The third-order valence-corrected chi connectivity index (χ3v) is 26.7. The topological polar surface area (TPSA) is 144 Å². The third-order valence-electron chi connectivity index (χ3n) is 16.1. The molecular formula is C62H84N8O6S2Si2. The highest BCUT2D eigenvalue weighted by Gasteiger charge is 2.40. The molecule has 2 aliphatic rings. The maximum atomic E-state index is 9.44. The van der Waals surface area contributed by atoms with Crippen molar-refractivity contribution in [3.05, 3.63) is 118 Å². The summed E-state index contributed by atoms with van der Waals surface area (Å²) in [7, 11) is -3.71. The van der Waals surface area contributed by atoms with Crippen LogP contribution in [0.15, 0.2) is 72.8 Å². The van der Waals surface area contributed by atoms with Crippen LogP contribution in [0.25, 0.3) is 53.6 Å². The van der Waals surface area contributed by atoms with E-state index in [2.05, 4.69) is 122 Å². The van der Waals surface area contributed by atoms with E-state index in [1.165, 1.54) is 45.3 Å². The average molecular weight is 1160 g/mol. The number of hydrogen-bond acceptors (Lipinski definition) is 14. The Bertz CT molecular complexity index is 3100. The van der Waals surface area contributed by atoms with Crippen LogP contribution in [0.5, 0.6) is 11.5 Å². The second-order valence-corrected chi connectivity index (χ2v) is 35.5. The molecule has 4 aromatic carbocycles. The molecule has 80 heavy (non-hydrogen) atoms. The van der Waals surface area contributed by atoms with Gasteiger partial charge in [-0.3, -0.25) is 9.80 Å². The molecule has 2 N–H and O–H groups in total. The number of benzene rings is 4. The molecule has 6 aromatic rings. The SMILES string of the molecule is [C-]#[N+]c1cc(-c2nc(-c3cccc4c3CC[C@@H]4N(CCO)CCO)ns2)ccc1OC(C)C.[C-]#[N+]c1cc(-c2nc(-c3cccc4c3CC[C@@H]4N(CCO[Si](C)(C)C(C)(C)C)CCO[Si](C)(C)C(C)(C)C)ns2)ccc1OC(C)C. The first-order valence-corrected chi connectivity index (χ1v) is 35.5. The van der Waals surface area contributed by atoms with Crippen molar-refractivity contribution in [3.63, 3.8) is 0 Å². The van der Waals surface area contributed by atoms with Gasteiger partial charge in [-0.05, 0) is 159 Å². The standard InChI is InChI=1S/C37H56N4O3SSi2.C25H28N4O3S/c1-26(2)44-33-20-17-27(25-31(33)38-9)35-39-34(40-45-35)30-16-14-15-29-28(30)18-19-32(29)41(21-23-42-46(10,11)36(3,4)5)22-24-43-47(12,13)37(6,7)8;1-16(2)32-23-10-7-17(15-21(23)26-3)25-27-24(28-33-25)20-6-4-5-19-18(20)8-9-22(19)29(11-13-30)12-14-31/h14-17,20,25-26,32H,18-19,21-24H2,1-8,10-13H3;4-7,10,15-16,22,30-31H,8-9,11-14H2,1-2H3/t32-;22-/m00/s1. The molecule has 8 rings (SSSR count). The molecule has 0 saturated heterocycles. The summed E-state index contributed by atoms with van der Waals surface area (Å²) in [6.07, 6.45) is 3.88. The van der Waals surface area contributed by atoms with Crippen molar-refractivity contribution in [2.45, 2.75) is 155 Å². The maximum absolute atomic E-state index is 9.44. The van der Waals surface area contributed by atoms with Crippen molar-refractivity contribution >= 4 is 51.1 Å². The molecule has 0 unspecified atom stereocenters. The quantitative estimate of drug-likeness (QED) is 0.0493. The smallest absolute Gasteiger partial charge is 0.228 e. The summed E-state index contributed by atoms with van der Waals surface area (Å²) in [5.74, 6) is 2.62. The van der Waals surface area contributed by atoms with Crippen LogP contribution >= 0.6 is 23.1 Å². The van der Waals surface area contributed by atoms with E-state index in [1.807, 2.05) is 70.2 Å². The number of aliphatic hydroxyl groups excluding tert-OH is 2. The summed E-state index contributed by atoms with van der Waals surface area (Å²) in [6.45, 7) is 50.5. The van der Waals surface area contributed by atoms with Gasteiger partial charge in [0.25, 0.3) is 0 Å². The van der Waals surface area contributed by atoms with Gasteiger partial charge in [0.2, 0.25) is 11.4 Å². The summed E-state index contributed by atoms with van der Waals surface area (Å²) in [5, 5.41) is 20.8. The largest absolute Gasteiger partial charge is 0.502 e. The predicted octanol–water partition coefficient (Wildman–Crippen LogP) is 15.0. The fourth-order valence-electron chi connectivity index (χ4n) is 9.90. The van der Waals surface area contributed by atoms with Crippen LogP contribution in [0.4, 0.5) is 11.4 Å². The average Bonchev–Trinajstić information content (AvgIpc) is 4.27. The minimum Gasteiger partial charge on any atom is -0.502 e. The van der Waals surface area contributed by atoms with Gasteiger partial charge in [-0.15, -0.1) is 0 Å². The highest BCUT2D eigenvalue weighted by Crippen LogP contribution is 2.45. The van der Waals surface area contributed by atoms with Gasteiger partial charge in [0.1, 0.15) is 21.5 Å². The van der Waals surface area contributed by atoms with E-state index in [1.54, 1.807) is 0 Å². The second-order valence-electron chi connectivity index (χ2n) is 24.4. The molecule has 0 spiro atoms. The zero-order chi connectivity index (χ0) is 58.2. The molecule has 14 nitrogen and oxygen atoms in total. The molecule has 0 bridgehead atoms. The lowest BCUT2D eigenvalue weighted by Gasteiger charge is -2.39. The van der Waals surface area contributed by atoms with Gasteiger partial charge in [-0.2, -0.15) is 8.75 Å². The van der Waals surface area contributed by atoms with Crippen LogP contribution in [0.2, 0.25) is 36.3 Å². The molecule has 2 atom stereocenters. The summed E-state index contributed by atoms with van der Waals surface area (Å²) in [6, 6.07) is 24.5. The van der Waals surface area contributed by atoms with Crippen molar-refractivity contribution in [3.8, 4) is 55.4 Å². The first-order valence-electron chi connectivity index (χ1n) is 28.2. The summed E-state index contributed by atoms with van der Waals surface area (Å²) in [4.78, 5) is 21.9. The molecule has 2 aliphatic carbocycles. The molecule has 0 radical (unpaired) electrons. The summed E-state index contributed by atoms with van der Waals surface area (Å²) in [5.41, 5.74) is 9.98. The van der Waals surface area contributed by atoms with Crippen LogP contribution in [0.1, 0.15) is 116 Å². The summed E-state index contributed by atoms with van der Waals surface area (Å²) < 4.78 is 34.4. The van der Waals surface area contributed by atoms with E-state index in [9.17, 15) is 10.2 Å². The molecule has 428 valence electrons. The van der Waals surface area contributed by atoms with E-state index in [0.717, 1.165) is 90.1 Å². The Morgan fingerprint density at radius 1 is 0.600 bits per heavy atom. The molecule has 0 amide bonds. The minimum absolute atomic E-state index is 0.000774. The van der Waals surface area contributed by atoms with Crippen molar-refractivity contribution in [1.82, 2.24) is 28.5 Å². The monoisotopic (exact) mass is 1160 g/mol. The van der Waals surface area contributed by atoms with Gasteiger partial charge in [0, 0.05) is 73.7 Å². The lowest BCUT2D eigenvalue weighted by atomic mass is 10.0. The fraction of sp³-hybridized carbons (Fsp3) is 0.516. The minimum atomic E-state index is -1.85. The molecule has 2 aromatic heterocycles. The van der Waals surface area contributed by atoms with Crippen LogP contribution < -0.4 is 9.47 Å². The zero-order valence-corrected chi connectivity index (χ0v) is 53.3. The van der Waals surface area contributed by atoms with E-state index in [4.69, 9.17) is 45.8 Å². The van der Waals surface area contributed by atoms with Crippen LogP contribution in [0.3, 0.4) is 0 Å². The number of nitrogens with zero attached hydrogens (tertiary/aromatic N) is 8. The Labute approximate surface area is 486 Å². The van der Waals surface area contributed by atoms with Crippen LogP contribution in [-0.2, 0) is 21.7 Å². The lowest BCUT2D eigenvalue weighted by Crippen LogP contribution is -2.45. The molecule has 0 aliphatic heterocycles. The van der Waals surface area contributed by atoms with Crippen LogP contribution in [-0.4, -0.2) is 120 Å². The summed E-state index contributed by atoms with van der Waals surface area (Å²) >= 11 is 2.70. The lowest BCUT2D eigenvalue weighted by molar-refractivity contribution is 0.121. The number of rotatable bonds is 22. The third kappa shape index (κ3) is 14.9. The fourth-order valence-corrected chi connectivity index (χ4v) is 13.3. The Kier molecular flexibility index (Phi) is 20.9. The van der Waals surface area contributed by atoms with Crippen molar-refractivity contribution in [2.75, 3.05) is 52.6 Å². The Morgan fingerprint density at radius 2 is 0.988 bits per heavy atom. The Morgan fingerprint density at radius 3 is 1.34 bits per heavy atom. The van der Waals surface area contributed by atoms with Crippen molar-refractivity contribution < 1.29 is 28.5 Å².